The lowest BCUT2D eigenvalue weighted by Gasteiger charge is -2.31. The number of unbranched alkanes of at least 4 members (excludes halogenated alkanes) is 1. The van der Waals surface area contributed by atoms with Crippen LogP contribution in [0.4, 0.5) is 21.1 Å². The van der Waals surface area contributed by atoms with E-state index in [0.29, 0.717) is 83.8 Å². The van der Waals surface area contributed by atoms with E-state index in [1.54, 1.807) is 54.5 Å². The lowest BCUT2D eigenvalue weighted by molar-refractivity contribution is 0.0661. The first-order chi connectivity index (χ1) is 22.1. The molecule has 0 saturated carbocycles. The van der Waals surface area contributed by atoms with Crippen molar-refractivity contribution in [3.63, 3.8) is 0 Å². The van der Waals surface area contributed by atoms with Crippen LogP contribution in [0.3, 0.4) is 0 Å². The van der Waals surface area contributed by atoms with Crippen LogP contribution in [0, 0.1) is 0 Å². The van der Waals surface area contributed by atoms with Crippen molar-refractivity contribution in [1.29, 1.82) is 0 Å². The Kier molecular flexibility index (Phi) is 10.1. The Labute approximate surface area is 267 Å². The standard InChI is InChI=1S/C33H40N6O7/c1-6-7-15-43-32(41)39-13-11-22(12-14-39)44-27-18-25-24(17-26(27)42-5)30(35-20-34-25)45-23-10-8-9-21(16-23)36-31(40)37-29-19-28(46-38-29)33(2,3)4/h8-10,16-20,22H,6-7,11-15H2,1-5H3,(H2,36,37,38,40). The van der Waals surface area contributed by atoms with Gasteiger partial charge in [-0.1, -0.05) is 45.3 Å². The maximum Gasteiger partial charge on any atom is 0.409 e. The highest BCUT2D eigenvalue weighted by Gasteiger charge is 2.26. The molecule has 3 heterocycles. The summed E-state index contributed by atoms with van der Waals surface area (Å²) in [6.07, 6.45) is 4.21. The molecule has 5 rings (SSSR count). The molecule has 13 heteroatoms. The topological polar surface area (TPSA) is 150 Å². The van der Waals surface area contributed by atoms with Gasteiger partial charge >= 0.3 is 12.1 Å². The van der Waals surface area contributed by atoms with E-state index in [9.17, 15) is 9.59 Å². The van der Waals surface area contributed by atoms with Gasteiger partial charge in [0, 0.05) is 55.2 Å². The Morgan fingerprint density at radius 2 is 1.85 bits per heavy atom. The molecule has 2 aromatic carbocycles. The summed E-state index contributed by atoms with van der Waals surface area (Å²) in [7, 11) is 1.57. The third-order valence-corrected chi connectivity index (χ3v) is 7.40. The van der Waals surface area contributed by atoms with Crippen LogP contribution in [0.5, 0.6) is 23.1 Å². The molecule has 1 aliphatic heterocycles. The number of hydrogen-bond acceptors (Lipinski definition) is 10. The van der Waals surface area contributed by atoms with Crippen LogP contribution in [-0.2, 0) is 10.2 Å². The summed E-state index contributed by atoms with van der Waals surface area (Å²) >= 11 is 0. The van der Waals surface area contributed by atoms with Crippen molar-refractivity contribution >= 4 is 34.5 Å². The van der Waals surface area contributed by atoms with Crippen molar-refractivity contribution in [2.45, 2.75) is 64.9 Å². The Hall–Kier alpha value is -5.07. The number of aromatic nitrogens is 3. The number of ether oxygens (including phenoxy) is 4. The fraction of sp³-hybridized carbons (Fsp3) is 0.424. The molecule has 0 spiro atoms. The van der Waals surface area contributed by atoms with E-state index in [0.717, 1.165) is 12.8 Å². The van der Waals surface area contributed by atoms with Gasteiger partial charge in [-0.3, -0.25) is 5.32 Å². The van der Waals surface area contributed by atoms with Crippen molar-refractivity contribution in [1.82, 2.24) is 20.0 Å². The van der Waals surface area contributed by atoms with Crippen LogP contribution >= 0.6 is 0 Å². The zero-order chi connectivity index (χ0) is 32.7. The van der Waals surface area contributed by atoms with Gasteiger partial charge in [-0.05, 0) is 24.6 Å². The van der Waals surface area contributed by atoms with Crippen molar-refractivity contribution in [3.05, 3.63) is 54.6 Å². The van der Waals surface area contributed by atoms with Crippen LogP contribution in [0.1, 0.15) is 59.1 Å². The number of benzene rings is 2. The third-order valence-electron chi connectivity index (χ3n) is 7.40. The first-order valence-corrected chi connectivity index (χ1v) is 15.4. The molecular weight excluding hydrogens is 592 g/mol. The minimum Gasteiger partial charge on any atom is -0.493 e. The molecule has 244 valence electrons. The first kappa shape index (κ1) is 32.3. The summed E-state index contributed by atoms with van der Waals surface area (Å²) in [5.74, 6) is 2.78. The molecule has 4 aromatic rings. The average Bonchev–Trinajstić information content (AvgIpc) is 3.51. The van der Waals surface area contributed by atoms with Crippen molar-refractivity contribution in [2.24, 2.45) is 0 Å². The number of likely N-dealkylation sites (tertiary alicyclic amines) is 1. The second kappa shape index (κ2) is 14.4. The molecule has 2 N–H and O–H groups in total. The van der Waals surface area contributed by atoms with Crippen LogP contribution < -0.4 is 24.8 Å². The lowest BCUT2D eigenvalue weighted by atomic mass is 9.93. The average molecular weight is 633 g/mol. The normalized spacial score (nSPS) is 13.7. The van der Waals surface area contributed by atoms with Crippen LogP contribution in [0.2, 0.25) is 0 Å². The number of nitrogens with one attached hydrogen (secondary N) is 2. The van der Waals surface area contributed by atoms with E-state index >= 15 is 0 Å². The largest absolute Gasteiger partial charge is 0.493 e. The van der Waals surface area contributed by atoms with Crippen molar-refractivity contribution in [2.75, 3.05) is 37.4 Å². The van der Waals surface area contributed by atoms with Gasteiger partial charge in [-0.15, -0.1) is 0 Å². The molecule has 0 atom stereocenters. The number of amides is 3. The Bertz CT molecular complexity index is 1660. The van der Waals surface area contributed by atoms with Crippen molar-refractivity contribution < 1.29 is 33.1 Å². The summed E-state index contributed by atoms with van der Waals surface area (Å²) < 4.78 is 28.8. The third kappa shape index (κ3) is 8.14. The van der Waals surface area contributed by atoms with Crippen LogP contribution in [0.15, 0.2) is 53.3 Å². The Balaban J connectivity index is 1.23. The quantitative estimate of drug-likeness (QED) is 0.173. The zero-order valence-corrected chi connectivity index (χ0v) is 26.8. The highest BCUT2D eigenvalue weighted by atomic mass is 16.6. The highest BCUT2D eigenvalue weighted by Crippen LogP contribution is 2.37. The van der Waals surface area contributed by atoms with E-state index < -0.39 is 6.03 Å². The molecule has 0 aliphatic carbocycles. The highest BCUT2D eigenvalue weighted by molar-refractivity contribution is 5.99. The SMILES string of the molecule is CCCCOC(=O)N1CCC(Oc2cc3ncnc(Oc4cccc(NC(=O)Nc5cc(C(C)(C)C)on5)c4)c3cc2OC)CC1. The number of carbonyl (C=O) groups excluding carboxylic acids is 2. The Morgan fingerprint density at radius 3 is 2.57 bits per heavy atom. The second-order valence-electron chi connectivity index (χ2n) is 12.0. The van der Waals surface area contributed by atoms with Gasteiger partial charge in [-0.2, -0.15) is 0 Å². The van der Waals surface area contributed by atoms with Gasteiger partial charge in [0.1, 0.15) is 23.9 Å². The van der Waals surface area contributed by atoms with Crippen molar-refractivity contribution in [3.8, 4) is 23.1 Å². The number of piperidine rings is 1. The minimum atomic E-state index is -0.478. The van der Waals surface area contributed by atoms with E-state index in [1.807, 2.05) is 20.8 Å². The molecule has 1 saturated heterocycles. The molecule has 1 aliphatic rings. The molecule has 2 aromatic heterocycles. The van der Waals surface area contributed by atoms with Gasteiger partial charge in [0.15, 0.2) is 17.3 Å². The molecule has 0 unspecified atom stereocenters. The Morgan fingerprint density at radius 1 is 1.04 bits per heavy atom. The fourth-order valence-corrected chi connectivity index (χ4v) is 4.82. The molecular formula is C33H40N6O7. The van der Waals surface area contributed by atoms with Gasteiger partial charge < -0.3 is 33.7 Å². The summed E-state index contributed by atoms with van der Waals surface area (Å²) in [6, 6.07) is 11.7. The van der Waals surface area contributed by atoms with E-state index in [2.05, 4.69) is 32.7 Å². The summed E-state index contributed by atoms with van der Waals surface area (Å²) in [5.41, 5.74) is 0.873. The van der Waals surface area contributed by atoms with E-state index in [1.165, 1.54) is 6.33 Å². The second-order valence-corrected chi connectivity index (χ2v) is 12.0. The smallest absolute Gasteiger partial charge is 0.409 e. The van der Waals surface area contributed by atoms with E-state index in [4.69, 9.17) is 23.5 Å². The number of hydrogen-bond donors (Lipinski definition) is 2. The summed E-state index contributed by atoms with van der Waals surface area (Å²) in [5, 5.41) is 9.99. The van der Waals surface area contributed by atoms with Gasteiger partial charge in [0.2, 0.25) is 5.88 Å². The number of rotatable bonds is 10. The first-order valence-electron chi connectivity index (χ1n) is 15.4. The molecule has 0 bridgehead atoms. The maximum absolute atomic E-state index is 12.6. The van der Waals surface area contributed by atoms with Gasteiger partial charge in [0.25, 0.3) is 0 Å². The minimum absolute atomic E-state index is 0.0964. The van der Waals surface area contributed by atoms with Crippen LogP contribution in [-0.4, -0.2) is 65.1 Å². The monoisotopic (exact) mass is 632 g/mol. The fourth-order valence-electron chi connectivity index (χ4n) is 4.82. The number of nitrogens with zero attached hydrogens (tertiary/aromatic N) is 4. The molecule has 1 fully saturated rings. The molecule has 0 radical (unpaired) electrons. The molecule has 46 heavy (non-hydrogen) atoms. The number of methoxy groups -OCH3 is 1. The zero-order valence-electron chi connectivity index (χ0n) is 26.8. The maximum atomic E-state index is 12.6. The van der Waals surface area contributed by atoms with Gasteiger partial charge in [0.05, 0.1) is 24.6 Å². The van der Waals surface area contributed by atoms with Gasteiger partial charge in [-0.25, -0.2) is 19.6 Å². The summed E-state index contributed by atoms with van der Waals surface area (Å²) in [4.78, 5) is 35.4. The molecule has 3 amide bonds. The predicted octanol–water partition coefficient (Wildman–Crippen LogP) is 7.14. The molecule has 13 nitrogen and oxygen atoms in total. The number of carbonyl (C=O) groups is 2. The van der Waals surface area contributed by atoms with Crippen LogP contribution in [0.25, 0.3) is 10.9 Å². The number of anilines is 2. The number of urea groups is 1. The lowest BCUT2D eigenvalue weighted by Crippen LogP contribution is -2.42. The number of fused-ring (bicyclic) bond motifs is 1. The predicted molar refractivity (Wildman–Crippen MR) is 172 cm³/mol. The summed E-state index contributed by atoms with van der Waals surface area (Å²) in [6.45, 7) is 9.59. The van der Waals surface area contributed by atoms with E-state index in [-0.39, 0.29) is 17.6 Å².